The first-order valence-electron chi connectivity index (χ1n) is 7.99. The minimum atomic E-state index is -3.45. The number of pyridine rings is 1. The van der Waals surface area contributed by atoms with Crippen LogP contribution >= 0.6 is 0 Å². The molecule has 0 amide bonds. The highest BCUT2D eigenvalue weighted by atomic mass is 32.2. The summed E-state index contributed by atoms with van der Waals surface area (Å²) in [5, 5.41) is 6.37. The SMILES string of the molecule is CCNC(=NCc1cccc(S(=O)(=O)NC)c1)NCc1ccccn1. The van der Waals surface area contributed by atoms with E-state index >= 15 is 0 Å². The van der Waals surface area contributed by atoms with Crippen molar-refractivity contribution in [1.29, 1.82) is 0 Å². The van der Waals surface area contributed by atoms with Crippen LogP contribution in [0.4, 0.5) is 0 Å². The van der Waals surface area contributed by atoms with E-state index in [-0.39, 0.29) is 4.90 Å². The van der Waals surface area contributed by atoms with Crippen molar-refractivity contribution >= 4 is 16.0 Å². The molecule has 25 heavy (non-hydrogen) atoms. The molecule has 0 aliphatic heterocycles. The van der Waals surface area contributed by atoms with Crippen molar-refractivity contribution in [3.8, 4) is 0 Å². The number of hydrogen-bond donors (Lipinski definition) is 3. The van der Waals surface area contributed by atoms with Crippen LogP contribution < -0.4 is 15.4 Å². The van der Waals surface area contributed by atoms with Gasteiger partial charge in [-0.3, -0.25) is 4.98 Å². The molecular formula is C17H23N5O2S. The zero-order valence-electron chi connectivity index (χ0n) is 14.4. The maximum Gasteiger partial charge on any atom is 0.240 e. The summed E-state index contributed by atoms with van der Waals surface area (Å²) in [5.74, 6) is 0.648. The van der Waals surface area contributed by atoms with E-state index in [1.54, 1.807) is 24.4 Å². The molecule has 0 aliphatic carbocycles. The molecule has 0 unspecified atom stereocenters. The van der Waals surface area contributed by atoms with Crippen molar-refractivity contribution in [1.82, 2.24) is 20.3 Å². The number of aliphatic imine (C=N–C) groups is 1. The number of hydrogen-bond acceptors (Lipinski definition) is 4. The third-order valence-electron chi connectivity index (χ3n) is 3.40. The molecule has 134 valence electrons. The summed E-state index contributed by atoms with van der Waals surface area (Å²) in [6.45, 7) is 3.63. The van der Waals surface area contributed by atoms with Crippen LogP contribution in [0.15, 0.2) is 58.5 Å². The van der Waals surface area contributed by atoms with Gasteiger partial charge in [0, 0.05) is 12.7 Å². The van der Waals surface area contributed by atoms with Crippen LogP contribution in [0.25, 0.3) is 0 Å². The molecule has 0 atom stereocenters. The fraction of sp³-hybridized carbons (Fsp3) is 0.294. The molecule has 0 bridgehead atoms. The van der Waals surface area contributed by atoms with Crippen LogP contribution in [0.1, 0.15) is 18.2 Å². The highest BCUT2D eigenvalue weighted by Crippen LogP contribution is 2.11. The number of rotatable bonds is 7. The summed E-state index contributed by atoms with van der Waals surface area (Å²) in [7, 11) is -2.06. The molecule has 7 nitrogen and oxygen atoms in total. The second kappa shape index (κ2) is 9.14. The standard InChI is InChI=1S/C17H23N5O2S/c1-3-19-17(22-13-15-8-4-5-10-20-15)21-12-14-7-6-9-16(11-14)25(23,24)18-2/h4-11,18H,3,12-13H2,1-2H3,(H2,19,21,22). The lowest BCUT2D eigenvalue weighted by atomic mass is 10.2. The molecule has 8 heteroatoms. The predicted molar refractivity (Wildman–Crippen MR) is 98.6 cm³/mol. The van der Waals surface area contributed by atoms with Crippen LogP contribution in [0.3, 0.4) is 0 Å². The van der Waals surface area contributed by atoms with E-state index in [0.29, 0.717) is 19.0 Å². The van der Waals surface area contributed by atoms with Crippen molar-refractivity contribution < 1.29 is 8.42 Å². The minimum absolute atomic E-state index is 0.231. The maximum atomic E-state index is 11.9. The Hall–Kier alpha value is -2.45. The van der Waals surface area contributed by atoms with Crippen molar-refractivity contribution in [2.24, 2.45) is 4.99 Å². The molecule has 1 heterocycles. The zero-order valence-corrected chi connectivity index (χ0v) is 15.2. The smallest absolute Gasteiger partial charge is 0.240 e. The van der Waals surface area contributed by atoms with Gasteiger partial charge in [0.2, 0.25) is 10.0 Å². The van der Waals surface area contributed by atoms with E-state index in [4.69, 9.17) is 0 Å². The Balaban J connectivity index is 2.07. The van der Waals surface area contributed by atoms with E-state index in [2.05, 4.69) is 25.3 Å². The third kappa shape index (κ3) is 5.84. The largest absolute Gasteiger partial charge is 0.357 e. The van der Waals surface area contributed by atoms with E-state index in [9.17, 15) is 8.42 Å². The number of sulfonamides is 1. The van der Waals surface area contributed by atoms with Gasteiger partial charge in [0.1, 0.15) is 0 Å². The molecular weight excluding hydrogens is 338 g/mol. The van der Waals surface area contributed by atoms with Crippen LogP contribution in [-0.2, 0) is 23.1 Å². The molecule has 0 fully saturated rings. The average Bonchev–Trinajstić information content (AvgIpc) is 2.65. The summed E-state index contributed by atoms with van der Waals surface area (Å²) < 4.78 is 26.1. The van der Waals surface area contributed by atoms with Crippen LogP contribution in [-0.4, -0.2) is 33.0 Å². The van der Waals surface area contributed by atoms with E-state index in [0.717, 1.165) is 17.8 Å². The van der Waals surface area contributed by atoms with Gasteiger partial charge in [-0.15, -0.1) is 0 Å². The van der Waals surface area contributed by atoms with E-state index in [1.165, 1.54) is 7.05 Å². The fourth-order valence-corrected chi connectivity index (χ4v) is 2.92. The molecule has 3 N–H and O–H groups in total. The van der Waals surface area contributed by atoms with Crippen LogP contribution in [0, 0.1) is 0 Å². The topological polar surface area (TPSA) is 95.5 Å². The second-order valence-electron chi connectivity index (χ2n) is 5.22. The summed E-state index contributed by atoms with van der Waals surface area (Å²) in [6, 6.07) is 12.5. The van der Waals surface area contributed by atoms with E-state index < -0.39 is 10.0 Å². The Kier molecular flexibility index (Phi) is 6.91. The Morgan fingerprint density at radius 2 is 2.00 bits per heavy atom. The van der Waals surface area contributed by atoms with Gasteiger partial charge in [0.05, 0.1) is 23.7 Å². The van der Waals surface area contributed by atoms with Crippen molar-refractivity contribution in [2.75, 3.05) is 13.6 Å². The van der Waals surface area contributed by atoms with Gasteiger partial charge in [-0.1, -0.05) is 18.2 Å². The number of nitrogens with zero attached hydrogens (tertiary/aromatic N) is 2. The molecule has 0 radical (unpaired) electrons. The molecule has 0 aliphatic rings. The van der Waals surface area contributed by atoms with Gasteiger partial charge in [-0.05, 0) is 43.8 Å². The zero-order chi connectivity index (χ0) is 18.1. The highest BCUT2D eigenvalue weighted by molar-refractivity contribution is 7.89. The molecule has 0 saturated heterocycles. The number of guanidine groups is 1. The van der Waals surface area contributed by atoms with Gasteiger partial charge in [-0.25, -0.2) is 18.1 Å². The fourth-order valence-electron chi connectivity index (χ4n) is 2.12. The first-order valence-corrected chi connectivity index (χ1v) is 9.48. The third-order valence-corrected chi connectivity index (χ3v) is 4.82. The van der Waals surface area contributed by atoms with Gasteiger partial charge in [0.25, 0.3) is 0 Å². The van der Waals surface area contributed by atoms with Crippen molar-refractivity contribution in [2.45, 2.75) is 24.9 Å². The first kappa shape index (κ1) is 18.9. The maximum absolute atomic E-state index is 11.9. The first-order chi connectivity index (χ1) is 12.0. The molecule has 1 aromatic carbocycles. The molecule has 0 saturated carbocycles. The van der Waals surface area contributed by atoms with Crippen LogP contribution in [0.5, 0.6) is 0 Å². The van der Waals surface area contributed by atoms with Gasteiger partial charge in [0.15, 0.2) is 5.96 Å². The number of benzene rings is 1. The lowest BCUT2D eigenvalue weighted by Gasteiger charge is -2.11. The lowest BCUT2D eigenvalue weighted by Crippen LogP contribution is -2.37. The predicted octanol–water partition coefficient (Wildman–Crippen LogP) is 1.24. The number of nitrogens with one attached hydrogen (secondary N) is 3. The van der Waals surface area contributed by atoms with Crippen molar-refractivity contribution in [3.63, 3.8) is 0 Å². The molecule has 2 aromatic rings. The normalized spacial score (nSPS) is 12.0. The molecule has 0 spiro atoms. The van der Waals surface area contributed by atoms with Gasteiger partial charge < -0.3 is 10.6 Å². The lowest BCUT2D eigenvalue weighted by molar-refractivity contribution is 0.588. The average molecular weight is 361 g/mol. The van der Waals surface area contributed by atoms with Crippen molar-refractivity contribution in [3.05, 3.63) is 59.9 Å². The number of aromatic nitrogens is 1. The van der Waals surface area contributed by atoms with Crippen LogP contribution in [0.2, 0.25) is 0 Å². The highest BCUT2D eigenvalue weighted by Gasteiger charge is 2.11. The Labute approximate surface area is 148 Å². The van der Waals surface area contributed by atoms with Gasteiger partial charge in [-0.2, -0.15) is 0 Å². The second-order valence-corrected chi connectivity index (χ2v) is 7.11. The summed E-state index contributed by atoms with van der Waals surface area (Å²) >= 11 is 0. The molecule has 2 rings (SSSR count). The Bertz CT molecular complexity index is 807. The Morgan fingerprint density at radius 3 is 2.68 bits per heavy atom. The summed E-state index contributed by atoms with van der Waals surface area (Å²) in [5.41, 5.74) is 1.72. The quantitative estimate of drug-likeness (QED) is 0.509. The molecule has 1 aromatic heterocycles. The summed E-state index contributed by atoms with van der Waals surface area (Å²) in [4.78, 5) is 8.99. The van der Waals surface area contributed by atoms with Gasteiger partial charge >= 0.3 is 0 Å². The minimum Gasteiger partial charge on any atom is -0.357 e. The Morgan fingerprint density at radius 1 is 1.16 bits per heavy atom. The van der Waals surface area contributed by atoms with E-state index in [1.807, 2.05) is 31.2 Å². The summed E-state index contributed by atoms with van der Waals surface area (Å²) in [6.07, 6.45) is 1.74. The monoisotopic (exact) mass is 361 g/mol.